The van der Waals surface area contributed by atoms with E-state index in [1.54, 1.807) is 23.3 Å². The molecule has 102 valence electrons. The van der Waals surface area contributed by atoms with E-state index in [0.717, 1.165) is 23.6 Å². The zero-order valence-corrected chi connectivity index (χ0v) is 11.3. The summed E-state index contributed by atoms with van der Waals surface area (Å²) in [5, 5.41) is 7.38. The summed E-state index contributed by atoms with van der Waals surface area (Å²) in [5.74, 6) is 1.98. The topological polar surface area (TPSA) is 84.3 Å². The number of nitrogens with zero attached hydrogens (tertiary/aromatic N) is 5. The molecule has 0 aliphatic heterocycles. The Labute approximate surface area is 116 Å². The lowest BCUT2D eigenvalue weighted by Crippen LogP contribution is -2.03. The van der Waals surface area contributed by atoms with Crippen LogP contribution in [0, 0.1) is 0 Å². The van der Waals surface area contributed by atoms with Crippen LogP contribution in [-0.2, 0) is 7.05 Å². The number of nitrogens with one attached hydrogen (secondary N) is 2. The molecule has 0 fully saturated rings. The largest absolute Gasteiger partial charge is 0.370 e. The minimum atomic E-state index is 0.562. The summed E-state index contributed by atoms with van der Waals surface area (Å²) < 4.78 is 1.75. The van der Waals surface area contributed by atoms with Gasteiger partial charge >= 0.3 is 0 Å². The number of aromatic amines is 1. The van der Waals surface area contributed by atoms with Crippen molar-refractivity contribution in [2.24, 2.45) is 7.05 Å². The SMILES string of the molecule is CCNc1cc(-c2cnn(C)c2)nc(-c2ncc[nH]2)n1. The second-order valence-corrected chi connectivity index (χ2v) is 4.33. The van der Waals surface area contributed by atoms with Crippen LogP contribution in [0.4, 0.5) is 5.82 Å². The lowest BCUT2D eigenvalue weighted by molar-refractivity contribution is 0.768. The highest BCUT2D eigenvalue weighted by Gasteiger charge is 2.11. The molecule has 0 saturated carbocycles. The van der Waals surface area contributed by atoms with E-state index in [1.807, 2.05) is 26.2 Å². The summed E-state index contributed by atoms with van der Waals surface area (Å²) in [6.45, 7) is 2.82. The van der Waals surface area contributed by atoms with Crippen molar-refractivity contribution in [2.75, 3.05) is 11.9 Å². The molecule has 0 aliphatic carbocycles. The van der Waals surface area contributed by atoms with Gasteiger partial charge in [-0.1, -0.05) is 0 Å². The van der Waals surface area contributed by atoms with Crippen molar-refractivity contribution in [2.45, 2.75) is 6.92 Å². The first kappa shape index (κ1) is 12.3. The van der Waals surface area contributed by atoms with Gasteiger partial charge in [0.05, 0.1) is 11.9 Å². The van der Waals surface area contributed by atoms with Gasteiger partial charge in [-0.15, -0.1) is 0 Å². The average molecular weight is 269 g/mol. The van der Waals surface area contributed by atoms with Crippen molar-refractivity contribution in [3.05, 3.63) is 30.9 Å². The molecule has 2 N–H and O–H groups in total. The number of anilines is 1. The molecule has 0 amide bonds. The smallest absolute Gasteiger partial charge is 0.198 e. The zero-order valence-electron chi connectivity index (χ0n) is 11.3. The number of imidazole rings is 1. The molecule has 7 heteroatoms. The van der Waals surface area contributed by atoms with Crippen LogP contribution in [0.3, 0.4) is 0 Å². The monoisotopic (exact) mass is 269 g/mol. The quantitative estimate of drug-likeness (QED) is 0.753. The number of aryl methyl sites for hydroxylation is 1. The van der Waals surface area contributed by atoms with Gasteiger partial charge in [0.1, 0.15) is 5.82 Å². The summed E-state index contributed by atoms with van der Waals surface area (Å²) in [6.07, 6.45) is 7.14. The number of hydrogen-bond donors (Lipinski definition) is 2. The molecule has 0 bridgehead atoms. The minimum absolute atomic E-state index is 0.562. The van der Waals surface area contributed by atoms with Crippen LogP contribution in [0.25, 0.3) is 22.9 Å². The molecule has 3 aromatic heterocycles. The Kier molecular flexibility index (Phi) is 3.16. The Hall–Kier alpha value is -2.70. The Morgan fingerprint density at radius 1 is 1.35 bits per heavy atom. The first-order valence-electron chi connectivity index (χ1n) is 6.38. The molecule has 7 nitrogen and oxygen atoms in total. The summed E-state index contributed by atoms with van der Waals surface area (Å²) in [6, 6.07) is 1.91. The van der Waals surface area contributed by atoms with E-state index in [2.05, 4.69) is 30.4 Å². The van der Waals surface area contributed by atoms with Crippen LogP contribution in [-0.4, -0.2) is 36.3 Å². The molecule has 3 aromatic rings. The fourth-order valence-corrected chi connectivity index (χ4v) is 1.91. The lowest BCUT2D eigenvalue weighted by atomic mass is 10.2. The highest BCUT2D eigenvalue weighted by atomic mass is 15.2. The Morgan fingerprint density at radius 2 is 2.25 bits per heavy atom. The maximum absolute atomic E-state index is 4.54. The molecule has 0 atom stereocenters. The van der Waals surface area contributed by atoms with Crippen LogP contribution >= 0.6 is 0 Å². The molecule has 0 aromatic carbocycles. The molecule has 0 spiro atoms. The predicted octanol–water partition coefficient (Wildman–Crippen LogP) is 1.70. The van der Waals surface area contributed by atoms with Gasteiger partial charge in [0, 0.05) is 43.8 Å². The maximum atomic E-state index is 4.54. The second-order valence-electron chi connectivity index (χ2n) is 4.33. The van der Waals surface area contributed by atoms with Gasteiger partial charge in [-0.25, -0.2) is 15.0 Å². The van der Waals surface area contributed by atoms with Gasteiger partial charge < -0.3 is 10.3 Å². The van der Waals surface area contributed by atoms with E-state index in [1.165, 1.54) is 0 Å². The number of rotatable bonds is 4. The van der Waals surface area contributed by atoms with Crippen molar-refractivity contribution in [1.29, 1.82) is 0 Å². The van der Waals surface area contributed by atoms with Crippen LogP contribution in [0.1, 0.15) is 6.92 Å². The second kappa shape index (κ2) is 5.12. The van der Waals surface area contributed by atoms with Crippen molar-refractivity contribution in [1.82, 2.24) is 29.7 Å². The molecule has 0 unspecified atom stereocenters. The number of aromatic nitrogens is 6. The zero-order chi connectivity index (χ0) is 13.9. The lowest BCUT2D eigenvalue weighted by Gasteiger charge is -2.06. The fourth-order valence-electron chi connectivity index (χ4n) is 1.91. The Bertz CT molecular complexity index is 699. The third kappa shape index (κ3) is 2.37. The van der Waals surface area contributed by atoms with E-state index < -0.39 is 0 Å². The summed E-state index contributed by atoms with van der Waals surface area (Å²) in [7, 11) is 1.88. The van der Waals surface area contributed by atoms with Gasteiger partial charge in [-0.05, 0) is 6.92 Å². The van der Waals surface area contributed by atoms with Crippen LogP contribution in [0.2, 0.25) is 0 Å². The standard InChI is InChI=1S/C13H15N7/c1-3-14-11-6-10(9-7-17-20(2)8-9)18-13(19-11)12-15-4-5-16-12/h4-8H,3H2,1-2H3,(H,15,16)(H,14,18,19). The predicted molar refractivity (Wildman–Crippen MR) is 76.0 cm³/mol. The summed E-state index contributed by atoms with van der Waals surface area (Å²) >= 11 is 0. The van der Waals surface area contributed by atoms with Crippen LogP contribution in [0.5, 0.6) is 0 Å². The first-order chi connectivity index (χ1) is 9.76. The van der Waals surface area contributed by atoms with Gasteiger partial charge in [-0.2, -0.15) is 5.10 Å². The van der Waals surface area contributed by atoms with Crippen molar-refractivity contribution < 1.29 is 0 Å². The molecule has 20 heavy (non-hydrogen) atoms. The summed E-state index contributed by atoms with van der Waals surface area (Å²) in [4.78, 5) is 16.2. The van der Waals surface area contributed by atoms with Gasteiger partial charge in [0.2, 0.25) is 0 Å². The summed E-state index contributed by atoms with van der Waals surface area (Å²) in [5.41, 5.74) is 1.76. The van der Waals surface area contributed by atoms with E-state index in [9.17, 15) is 0 Å². The number of hydrogen-bond acceptors (Lipinski definition) is 5. The highest BCUT2D eigenvalue weighted by molar-refractivity contribution is 5.64. The average Bonchev–Trinajstić information content (AvgIpc) is 3.09. The van der Waals surface area contributed by atoms with E-state index in [0.29, 0.717) is 11.6 Å². The first-order valence-corrected chi connectivity index (χ1v) is 6.38. The van der Waals surface area contributed by atoms with Crippen molar-refractivity contribution >= 4 is 5.82 Å². The third-order valence-electron chi connectivity index (χ3n) is 2.79. The van der Waals surface area contributed by atoms with Crippen LogP contribution in [0.15, 0.2) is 30.9 Å². The third-order valence-corrected chi connectivity index (χ3v) is 2.79. The molecule has 0 saturated heterocycles. The normalized spacial score (nSPS) is 10.7. The Balaban J connectivity index is 2.09. The van der Waals surface area contributed by atoms with Gasteiger partial charge in [0.15, 0.2) is 11.6 Å². The maximum Gasteiger partial charge on any atom is 0.198 e. The van der Waals surface area contributed by atoms with Crippen LogP contribution < -0.4 is 5.32 Å². The van der Waals surface area contributed by atoms with E-state index >= 15 is 0 Å². The van der Waals surface area contributed by atoms with E-state index in [-0.39, 0.29) is 0 Å². The highest BCUT2D eigenvalue weighted by Crippen LogP contribution is 2.22. The molecule has 0 radical (unpaired) electrons. The minimum Gasteiger partial charge on any atom is -0.370 e. The van der Waals surface area contributed by atoms with Gasteiger partial charge in [0.25, 0.3) is 0 Å². The Morgan fingerprint density at radius 3 is 2.90 bits per heavy atom. The number of H-pyrrole nitrogens is 1. The molecule has 3 rings (SSSR count). The van der Waals surface area contributed by atoms with Gasteiger partial charge in [-0.3, -0.25) is 4.68 Å². The van der Waals surface area contributed by atoms with Crippen molar-refractivity contribution in [3.63, 3.8) is 0 Å². The molecule has 3 heterocycles. The molecular formula is C13H15N7. The van der Waals surface area contributed by atoms with Crippen molar-refractivity contribution in [3.8, 4) is 22.9 Å². The van der Waals surface area contributed by atoms with E-state index in [4.69, 9.17) is 0 Å². The molecular weight excluding hydrogens is 254 g/mol. The fraction of sp³-hybridized carbons (Fsp3) is 0.231. The molecule has 0 aliphatic rings.